The van der Waals surface area contributed by atoms with E-state index in [-0.39, 0.29) is 27.6 Å². The first kappa shape index (κ1) is 33.7. The lowest BCUT2D eigenvalue weighted by molar-refractivity contribution is -0.0961. The smallest absolute Gasteiger partial charge is 0.169 e. The highest BCUT2D eigenvalue weighted by Gasteiger charge is 2.71. The zero-order chi connectivity index (χ0) is 41.0. The van der Waals surface area contributed by atoms with Crippen LogP contribution in [-0.4, -0.2) is 20.4 Å². The third kappa shape index (κ3) is 3.55. The Morgan fingerprint density at radius 1 is 0.525 bits per heavy atom. The number of hydrogen-bond donors (Lipinski definition) is 0. The van der Waals surface area contributed by atoms with Crippen LogP contribution in [0.2, 0.25) is 0 Å². The van der Waals surface area contributed by atoms with Gasteiger partial charge in [0.15, 0.2) is 11.6 Å². The first-order chi connectivity index (χ1) is 29.3. The van der Waals surface area contributed by atoms with Crippen LogP contribution in [0.5, 0.6) is 0 Å². The highest BCUT2D eigenvalue weighted by molar-refractivity contribution is 6.36. The van der Waals surface area contributed by atoms with Crippen molar-refractivity contribution in [3.05, 3.63) is 107 Å². The van der Waals surface area contributed by atoms with Crippen LogP contribution in [0.25, 0.3) is 98.1 Å². The van der Waals surface area contributed by atoms with E-state index >= 15 is 4.79 Å². The van der Waals surface area contributed by atoms with Crippen LogP contribution in [0, 0.1) is 22.2 Å². The molecule has 17 rings (SSSR count). The number of para-hydroxylation sites is 2. The zero-order valence-electron chi connectivity index (χ0n) is 35.6. The van der Waals surface area contributed by atoms with Crippen LogP contribution in [0.4, 0.5) is 0 Å². The molecule has 11 aromatic rings. The molecule has 6 aliphatic carbocycles. The minimum Gasteiger partial charge on any atom is -0.456 e. The van der Waals surface area contributed by atoms with Gasteiger partial charge in [0.2, 0.25) is 0 Å². The summed E-state index contributed by atoms with van der Waals surface area (Å²) in [4.78, 5) is 29.2. The first-order valence-electron chi connectivity index (χ1n) is 22.6. The van der Waals surface area contributed by atoms with Gasteiger partial charge in [-0.3, -0.25) is 9.59 Å². The monoisotopic (exact) mass is 794 g/mol. The van der Waals surface area contributed by atoms with E-state index in [9.17, 15) is 4.79 Å². The van der Waals surface area contributed by atoms with Crippen molar-refractivity contribution in [2.45, 2.75) is 91.4 Å². The maximum absolute atomic E-state index is 15.1. The highest BCUT2D eigenvalue weighted by atomic mass is 16.3. The number of hydrogen-bond acceptors (Lipinski definition) is 3. The summed E-state index contributed by atoms with van der Waals surface area (Å²) in [5, 5.41) is 11.9. The SMILES string of the molecule is CC(C)(C)C12CC(C(C)(C)C)(C1)c1cc3c4c5c(cc6c7cc8c(cc7n(c3cc1C2=O)c64)c1cccc2c3cc4c(cc3n8c21)C(=O)C1CCC4CC1)oc1ccccc15. The van der Waals surface area contributed by atoms with Gasteiger partial charge in [-0.05, 0) is 115 Å². The van der Waals surface area contributed by atoms with Gasteiger partial charge in [0, 0.05) is 81.7 Å². The molecule has 0 N–H and O–H groups in total. The summed E-state index contributed by atoms with van der Waals surface area (Å²) in [6.45, 7) is 14.0. The third-order valence-electron chi connectivity index (χ3n) is 17.7. The van der Waals surface area contributed by atoms with E-state index in [1.54, 1.807) is 0 Å². The summed E-state index contributed by atoms with van der Waals surface area (Å²) < 4.78 is 11.7. The van der Waals surface area contributed by atoms with Crippen molar-refractivity contribution in [1.82, 2.24) is 8.80 Å². The summed E-state index contributed by atoms with van der Waals surface area (Å²) in [7, 11) is 0. The number of fused-ring (bicyclic) bond motifs is 18. The first-order valence-corrected chi connectivity index (χ1v) is 22.6. The van der Waals surface area contributed by atoms with Crippen LogP contribution >= 0.6 is 0 Å². The van der Waals surface area contributed by atoms with Crippen LogP contribution < -0.4 is 0 Å². The molecule has 5 aromatic heterocycles. The molecule has 0 amide bonds. The number of ketones is 2. The number of furan rings is 1. The minimum atomic E-state index is -0.382. The van der Waals surface area contributed by atoms with Crippen LogP contribution in [-0.2, 0) is 5.41 Å². The molecule has 0 spiro atoms. The second kappa shape index (κ2) is 10.1. The average Bonchev–Trinajstić information content (AvgIpc) is 3.98. The minimum absolute atomic E-state index is 0.0244. The largest absolute Gasteiger partial charge is 0.456 e. The quantitative estimate of drug-likeness (QED) is 0.154. The van der Waals surface area contributed by atoms with E-state index in [0.717, 1.165) is 99.0 Å². The summed E-state index contributed by atoms with van der Waals surface area (Å²) in [5.74, 6) is 1.27. The van der Waals surface area contributed by atoms with Gasteiger partial charge in [0.1, 0.15) is 11.2 Å². The van der Waals surface area contributed by atoms with E-state index in [0.29, 0.717) is 17.5 Å². The van der Waals surface area contributed by atoms with Crippen LogP contribution in [0.3, 0.4) is 0 Å². The molecule has 0 aliphatic heterocycles. The molecule has 0 radical (unpaired) electrons. The molecule has 5 nitrogen and oxygen atoms in total. The Balaban J connectivity index is 1.11. The Hall–Kier alpha value is -5.94. The fraction of sp³-hybridized carbons (Fsp3) is 0.321. The maximum Gasteiger partial charge on any atom is 0.169 e. The molecule has 61 heavy (non-hydrogen) atoms. The van der Waals surface area contributed by atoms with E-state index in [4.69, 9.17) is 4.42 Å². The number of benzene rings is 6. The molecule has 2 saturated carbocycles. The van der Waals surface area contributed by atoms with E-state index in [1.807, 2.05) is 0 Å². The van der Waals surface area contributed by atoms with Gasteiger partial charge in [-0.25, -0.2) is 0 Å². The van der Waals surface area contributed by atoms with Crippen molar-refractivity contribution >= 4 is 110 Å². The molecule has 6 aliphatic rings. The standard InChI is InChI=1S/C56H46N2O3/c1-53(2,3)55-25-56(26-55,54(4,5)6)52(60)38-23-44-39(19-40(38)55)48-47-31-10-7-8-13-45(31)61-46(47)24-36-35-21-41-34(20-42(35)58(44)50(36)48)30-12-9-11-29-33-18-32-27-14-16-28(17-15-27)51(59)37(32)22-43(33)57(41)49(29)30/h7-13,18-24,27-28H,14-17,25-26H2,1-6H3. The predicted octanol–water partition coefficient (Wildman–Crippen LogP) is 14.7. The topological polar surface area (TPSA) is 56.1 Å². The van der Waals surface area contributed by atoms with Gasteiger partial charge in [0.25, 0.3) is 0 Å². The Labute approximate surface area is 351 Å². The van der Waals surface area contributed by atoms with E-state index in [1.165, 1.54) is 59.9 Å². The molecule has 5 heteroatoms. The van der Waals surface area contributed by atoms with Crippen LogP contribution in [0.1, 0.15) is 118 Å². The predicted molar refractivity (Wildman–Crippen MR) is 249 cm³/mol. The fourth-order valence-electron chi connectivity index (χ4n) is 14.3. The lowest BCUT2D eigenvalue weighted by Gasteiger charge is -2.69. The van der Waals surface area contributed by atoms with Crippen molar-refractivity contribution in [3.63, 3.8) is 0 Å². The molecular formula is C56H46N2O3. The number of Topliss-reactive ketones (excluding diaryl/α,β-unsaturated/α-hetero) is 2. The van der Waals surface area contributed by atoms with Gasteiger partial charge in [0.05, 0.1) is 33.1 Å². The summed E-state index contributed by atoms with van der Waals surface area (Å²) >= 11 is 0. The second-order valence-corrected chi connectivity index (χ2v) is 22.0. The lowest BCUT2D eigenvalue weighted by atomic mass is 9.33. The Morgan fingerprint density at radius 2 is 1.11 bits per heavy atom. The Bertz CT molecular complexity index is 3890. The van der Waals surface area contributed by atoms with Crippen molar-refractivity contribution in [2.75, 3.05) is 0 Å². The summed E-state index contributed by atoms with van der Waals surface area (Å²) in [6.07, 6.45) is 6.03. The normalized spacial score (nSPS) is 24.4. The molecule has 0 saturated heterocycles. The lowest BCUT2D eigenvalue weighted by Crippen LogP contribution is -2.67. The molecule has 0 unspecified atom stereocenters. The second-order valence-electron chi connectivity index (χ2n) is 22.0. The summed E-state index contributed by atoms with van der Waals surface area (Å²) in [6, 6.07) is 31.7. The van der Waals surface area contributed by atoms with Crippen molar-refractivity contribution < 1.29 is 14.0 Å². The molecule has 2 fully saturated rings. The summed E-state index contributed by atoms with van der Waals surface area (Å²) in [5.41, 5.74) is 12.4. The molecule has 4 bridgehead atoms. The van der Waals surface area contributed by atoms with Crippen LogP contribution in [0.15, 0.2) is 89.3 Å². The Kier molecular flexibility index (Phi) is 5.56. The number of nitrogens with zero attached hydrogens (tertiary/aromatic N) is 2. The zero-order valence-corrected chi connectivity index (χ0v) is 35.6. The number of aromatic nitrogens is 2. The van der Waals surface area contributed by atoms with Gasteiger partial charge >= 0.3 is 0 Å². The van der Waals surface area contributed by atoms with Crippen molar-refractivity contribution in [1.29, 1.82) is 0 Å². The molecule has 298 valence electrons. The molecule has 5 heterocycles. The van der Waals surface area contributed by atoms with Crippen molar-refractivity contribution in [2.24, 2.45) is 22.2 Å². The molecule has 0 atom stereocenters. The highest BCUT2D eigenvalue weighted by Crippen LogP contribution is 2.73. The Morgan fingerprint density at radius 3 is 1.84 bits per heavy atom. The number of carbonyl (C=O) groups is 2. The van der Waals surface area contributed by atoms with E-state index in [2.05, 4.69) is 135 Å². The van der Waals surface area contributed by atoms with Gasteiger partial charge in [-0.2, -0.15) is 0 Å². The third-order valence-corrected chi connectivity index (χ3v) is 17.7. The number of carbonyl (C=O) groups excluding carboxylic acids is 2. The molecular weight excluding hydrogens is 749 g/mol. The van der Waals surface area contributed by atoms with Gasteiger partial charge in [-0.1, -0.05) is 77.9 Å². The number of rotatable bonds is 0. The van der Waals surface area contributed by atoms with Crippen molar-refractivity contribution in [3.8, 4) is 0 Å². The van der Waals surface area contributed by atoms with E-state index < -0.39 is 0 Å². The van der Waals surface area contributed by atoms with Gasteiger partial charge < -0.3 is 13.2 Å². The average molecular weight is 795 g/mol. The molecule has 6 aromatic carbocycles. The van der Waals surface area contributed by atoms with Gasteiger partial charge in [-0.15, -0.1) is 0 Å². The maximum atomic E-state index is 15.1. The fourth-order valence-corrected chi connectivity index (χ4v) is 14.3.